The molecule has 2 amide bonds. The number of carbonyl (C=O) groups is 3. The Bertz CT molecular complexity index is 996. The maximum atomic E-state index is 12.3. The summed E-state index contributed by atoms with van der Waals surface area (Å²) in [6.45, 7) is 3.27. The molecule has 3 rings (SSSR count). The molecule has 2 N–H and O–H groups in total. The molecule has 2 heterocycles. The molecular formula is C21H20N2O5S. The fourth-order valence-electron chi connectivity index (χ4n) is 2.58. The first kappa shape index (κ1) is 20.3. The molecule has 0 aliphatic heterocycles. The fraction of sp³-hybridized carbons (Fsp3) is 0.190. The van der Waals surface area contributed by atoms with Crippen molar-refractivity contribution in [2.75, 3.05) is 11.9 Å². The highest BCUT2D eigenvalue weighted by molar-refractivity contribution is 7.10. The summed E-state index contributed by atoms with van der Waals surface area (Å²) in [7, 11) is 0. The molecule has 7 nitrogen and oxygen atoms in total. The summed E-state index contributed by atoms with van der Waals surface area (Å²) in [6.07, 6.45) is 1.40. The zero-order valence-electron chi connectivity index (χ0n) is 15.9. The summed E-state index contributed by atoms with van der Waals surface area (Å²) in [6, 6.07) is 11.6. The molecule has 150 valence electrons. The summed E-state index contributed by atoms with van der Waals surface area (Å²) < 4.78 is 10.2. The monoisotopic (exact) mass is 412 g/mol. The first-order chi connectivity index (χ1) is 13.9. The maximum absolute atomic E-state index is 12.3. The second kappa shape index (κ2) is 9.20. The van der Waals surface area contributed by atoms with Crippen molar-refractivity contribution in [3.8, 4) is 0 Å². The van der Waals surface area contributed by atoms with Crippen LogP contribution in [0.4, 0.5) is 5.69 Å². The predicted molar refractivity (Wildman–Crippen MR) is 109 cm³/mol. The van der Waals surface area contributed by atoms with E-state index in [0.29, 0.717) is 5.69 Å². The first-order valence-electron chi connectivity index (χ1n) is 8.89. The molecule has 0 aliphatic carbocycles. The van der Waals surface area contributed by atoms with E-state index in [9.17, 15) is 14.4 Å². The van der Waals surface area contributed by atoms with Crippen LogP contribution in [-0.4, -0.2) is 24.4 Å². The number of hydrogen-bond acceptors (Lipinski definition) is 6. The summed E-state index contributed by atoms with van der Waals surface area (Å²) in [5.41, 5.74) is 1.45. The van der Waals surface area contributed by atoms with Crippen molar-refractivity contribution in [1.82, 2.24) is 5.32 Å². The van der Waals surface area contributed by atoms with Crippen LogP contribution in [0.15, 0.2) is 58.5 Å². The Morgan fingerprint density at radius 3 is 2.69 bits per heavy atom. The fourth-order valence-corrected chi connectivity index (χ4v) is 3.32. The van der Waals surface area contributed by atoms with Crippen LogP contribution >= 0.6 is 11.3 Å². The van der Waals surface area contributed by atoms with E-state index in [1.54, 1.807) is 31.2 Å². The first-order valence-corrected chi connectivity index (χ1v) is 9.77. The molecule has 0 spiro atoms. The van der Waals surface area contributed by atoms with E-state index in [-0.39, 0.29) is 17.4 Å². The minimum Gasteiger partial charge on any atom is -0.459 e. The van der Waals surface area contributed by atoms with Gasteiger partial charge in [-0.15, -0.1) is 11.3 Å². The van der Waals surface area contributed by atoms with Gasteiger partial charge in [-0.05, 0) is 55.1 Å². The number of benzene rings is 1. The van der Waals surface area contributed by atoms with Crippen molar-refractivity contribution in [3.05, 3.63) is 75.9 Å². The van der Waals surface area contributed by atoms with Gasteiger partial charge in [0.05, 0.1) is 17.9 Å². The third kappa shape index (κ3) is 5.32. The van der Waals surface area contributed by atoms with Crippen LogP contribution in [0.2, 0.25) is 0 Å². The highest BCUT2D eigenvalue weighted by atomic mass is 32.1. The van der Waals surface area contributed by atoms with Crippen LogP contribution in [0.25, 0.3) is 0 Å². The van der Waals surface area contributed by atoms with Crippen molar-refractivity contribution in [2.45, 2.75) is 19.9 Å². The topological polar surface area (TPSA) is 97.6 Å². The zero-order chi connectivity index (χ0) is 20.8. The molecule has 1 atom stereocenters. The molecule has 0 saturated heterocycles. The number of esters is 1. The van der Waals surface area contributed by atoms with Crippen molar-refractivity contribution in [1.29, 1.82) is 0 Å². The van der Waals surface area contributed by atoms with Gasteiger partial charge in [-0.3, -0.25) is 9.59 Å². The third-order valence-corrected chi connectivity index (χ3v) is 5.20. The Kier molecular flexibility index (Phi) is 6.46. The van der Waals surface area contributed by atoms with Gasteiger partial charge < -0.3 is 19.8 Å². The zero-order valence-corrected chi connectivity index (χ0v) is 16.7. The molecule has 2 aromatic heterocycles. The van der Waals surface area contributed by atoms with Crippen LogP contribution in [0.3, 0.4) is 0 Å². The van der Waals surface area contributed by atoms with Crippen molar-refractivity contribution >= 4 is 34.8 Å². The number of furan rings is 1. The van der Waals surface area contributed by atoms with Crippen LogP contribution < -0.4 is 10.6 Å². The van der Waals surface area contributed by atoms with Crippen molar-refractivity contribution in [2.24, 2.45) is 0 Å². The Morgan fingerprint density at radius 2 is 2.00 bits per heavy atom. The molecule has 0 aliphatic rings. The number of hydrogen-bond donors (Lipinski definition) is 2. The van der Waals surface area contributed by atoms with Crippen LogP contribution in [0, 0.1) is 6.92 Å². The Balaban J connectivity index is 1.57. The van der Waals surface area contributed by atoms with Gasteiger partial charge in [0.1, 0.15) is 0 Å². The number of rotatable bonds is 7. The molecule has 0 unspecified atom stereocenters. The van der Waals surface area contributed by atoms with Gasteiger partial charge in [-0.25, -0.2) is 4.79 Å². The minimum atomic E-state index is -0.655. The summed E-state index contributed by atoms with van der Waals surface area (Å²) in [5, 5.41) is 7.40. The number of aryl methyl sites for hydroxylation is 1. The number of ether oxygens (including phenoxy) is 1. The van der Waals surface area contributed by atoms with E-state index in [4.69, 9.17) is 9.15 Å². The molecule has 0 saturated carbocycles. The largest absolute Gasteiger partial charge is 0.459 e. The lowest BCUT2D eigenvalue weighted by atomic mass is 10.1. The Morgan fingerprint density at radius 1 is 1.17 bits per heavy atom. The van der Waals surface area contributed by atoms with Gasteiger partial charge >= 0.3 is 5.97 Å². The second-order valence-electron chi connectivity index (χ2n) is 6.34. The lowest BCUT2D eigenvalue weighted by Gasteiger charge is -2.13. The highest BCUT2D eigenvalue weighted by Gasteiger charge is 2.16. The summed E-state index contributed by atoms with van der Waals surface area (Å²) in [5.74, 6) is -1.31. The van der Waals surface area contributed by atoms with Gasteiger partial charge in [0, 0.05) is 10.6 Å². The summed E-state index contributed by atoms with van der Waals surface area (Å²) in [4.78, 5) is 37.5. The molecule has 1 aromatic carbocycles. The highest BCUT2D eigenvalue weighted by Crippen LogP contribution is 2.20. The lowest BCUT2D eigenvalue weighted by molar-refractivity contribution is -0.124. The van der Waals surface area contributed by atoms with Crippen molar-refractivity contribution < 1.29 is 23.5 Å². The number of amides is 2. The van der Waals surface area contributed by atoms with Gasteiger partial charge in [0.15, 0.2) is 12.4 Å². The average molecular weight is 412 g/mol. The molecular weight excluding hydrogens is 392 g/mol. The molecule has 3 aromatic rings. The smallest absolute Gasteiger partial charge is 0.338 e. The van der Waals surface area contributed by atoms with Gasteiger partial charge in [-0.1, -0.05) is 12.1 Å². The van der Waals surface area contributed by atoms with E-state index in [0.717, 1.165) is 10.4 Å². The number of carbonyl (C=O) groups excluding carboxylic acids is 3. The second-order valence-corrected chi connectivity index (χ2v) is 7.32. The SMILES string of the molecule is Cc1ccc(C(=O)OCC(=O)N[C@H](C)c2cccs2)cc1NC(=O)c1ccco1. The number of thiophene rings is 1. The normalized spacial score (nSPS) is 11.5. The third-order valence-electron chi connectivity index (χ3n) is 4.15. The Labute approximate surface area is 171 Å². The summed E-state index contributed by atoms with van der Waals surface area (Å²) >= 11 is 1.54. The molecule has 0 fully saturated rings. The van der Waals surface area contributed by atoms with E-state index in [1.807, 2.05) is 24.4 Å². The average Bonchev–Trinajstić information content (AvgIpc) is 3.41. The van der Waals surface area contributed by atoms with Crippen LogP contribution in [-0.2, 0) is 9.53 Å². The number of nitrogens with one attached hydrogen (secondary N) is 2. The lowest BCUT2D eigenvalue weighted by Crippen LogP contribution is -2.30. The van der Waals surface area contributed by atoms with E-state index >= 15 is 0 Å². The van der Waals surface area contributed by atoms with Crippen LogP contribution in [0.1, 0.15) is 44.3 Å². The molecule has 8 heteroatoms. The Hall–Kier alpha value is -3.39. The van der Waals surface area contributed by atoms with Crippen molar-refractivity contribution in [3.63, 3.8) is 0 Å². The van der Waals surface area contributed by atoms with Gasteiger partial charge in [0.25, 0.3) is 11.8 Å². The van der Waals surface area contributed by atoms with Crippen LogP contribution in [0.5, 0.6) is 0 Å². The minimum absolute atomic E-state index is 0.161. The molecule has 0 bridgehead atoms. The van der Waals surface area contributed by atoms with Gasteiger partial charge in [-0.2, -0.15) is 0 Å². The van der Waals surface area contributed by atoms with Gasteiger partial charge in [0.2, 0.25) is 0 Å². The quantitative estimate of drug-likeness (QED) is 0.573. The standard InChI is InChI=1S/C21H20N2O5S/c1-13-7-8-15(11-16(13)23-20(25)17-5-3-9-27-17)21(26)28-12-19(24)22-14(2)18-6-4-10-29-18/h3-11,14H,12H2,1-2H3,(H,22,24)(H,23,25)/t14-/m1/s1. The number of anilines is 1. The van der Waals surface area contributed by atoms with E-state index in [1.165, 1.54) is 23.7 Å². The molecule has 29 heavy (non-hydrogen) atoms. The molecule has 0 radical (unpaired) electrons. The predicted octanol–water partition coefficient (Wildman–Crippen LogP) is 3.94. The maximum Gasteiger partial charge on any atom is 0.338 e. The van der Waals surface area contributed by atoms with E-state index < -0.39 is 24.4 Å². The van der Waals surface area contributed by atoms with E-state index in [2.05, 4.69) is 10.6 Å².